The molecule has 0 aliphatic rings. The van der Waals surface area contributed by atoms with E-state index in [1.807, 2.05) is 13.0 Å². The summed E-state index contributed by atoms with van der Waals surface area (Å²) >= 11 is 0. The van der Waals surface area contributed by atoms with E-state index in [2.05, 4.69) is 27.5 Å². The lowest BCUT2D eigenvalue weighted by atomic mass is 10.2. The third-order valence-electron chi connectivity index (χ3n) is 1.36. The van der Waals surface area contributed by atoms with Crippen molar-refractivity contribution in [1.29, 1.82) is 0 Å². The molecule has 0 spiro atoms. The number of rotatable bonds is 2. The summed E-state index contributed by atoms with van der Waals surface area (Å²) in [5.74, 6) is 0.699. The van der Waals surface area contributed by atoms with Gasteiger partial charge in [0.25, 0.3) is 0 Å². The van der Waals surface area contributed by atoms with E-state index in [-0.39, 0.29) is 0 Å². The summed E-state index contributed by atoms with van der Waals surface area (Å²) in [4.78, 5) is 0. The van der Waals surface area contributed by atoms with E-state index in [1.54, 1.807) is 0 Å². The average molecular weight is 138 g/mol. The Hall–Kier alpha value is -1.19. The Labute approximate surface area is 59.3 Å². The molecule has 0 bridgehead atoms. The minimum atomic E-state index is 0.699. The normalized spacial score (nSPS) is 12.0. The highest BCUT2D eigenvalue weighted by molar-refractivity contribution is 5.57. The Balaban J connectivity index is 2.85. The molecule has 4 nitrogen and oxygen atoms in total. The number of allylic oxidation sites excluding steroid dienone is 2. The molecule has 0 atom stereocenters. The molecular weight excluding hydrogens is 128 g/mol. The van der Waals surface area contributed by atoms with Crippen molar-refractivity contribution in [1.82, 2.24) is 20.6 Å². The maximum Gasteiger partial charge on any atom is 0.200 e. The van der Waals surface area contributed by atoms with Crippen molar-refractivity contribution in [2.45, 2.75) is 20.3 Å². The van der Waals surface area contributed by atoms with Gasteiger partial charge < -0.3 is 0 Å². The van der Waals surface area contributed by atoms with Crippen LogP contribution >= 0.6 is 0 Å². The van der Waals surface area contributed by atoms with Crippen molar-refractivity contribution in [3.05, 3.63) is 11.9 Å². The molecule has 0 aliphatic carbocycles. The number of tetrazole rings is 1. The SMILES string of the molecule is CC=C(CC)c1nn[nH]n1. The minimum absolute atomic E-state index is 0.699. The predicted molar refractivity (Wildman–Crippen MR) is 38.1 cm³/mol. The molecule has 1 aromatic rings. The van der Waals surface area contributed by atoms with Gasteiger partial charge in [0.15, 0.2) is 5.82 Å². The highest BCUT2D eigenvalue weighted by atomic mass is 15.5. The number of nitrogens with one attached hydrogen (secondary N) is 1. The van der Waals surface area contributed by atoms with E-state index < -0.39 is 0 Å². The first-order valence-electron chi connectivity index (χ1n) is 3.27. The fraction of sp³-hybridized carbons (Fsp3) is 0.500. The number of hydrogen-bond donors (Lipinski definition) is 1. The zero-order chi connectivity index (χ0) is 7.40. The maximum absolute atomic E-state index is 3.84. The van der Waals surface area contributed by atoms with Crippen LogP contribution in [-0.4, -0.2) is 20.6 Å². The van der Waals surface area contributed by atoms with Crippen LogP contribution in [-0.2, 0) is 0 Å². The van der Waals surface area contributed by atoms with Crippen LogP contribution in [0.15, 0.2) is 6.08 Å². The first-order chi connectivity index (χ1) is 4.88. The summed E-state index contributed by atoms with van der Waals surface area (Å²) in [7, 11) is 0. The first kappa shape index (κ1) is 6.92. The molecule has 1 N–H and O–H groups in total. The van der Waals surface area contributed by atoms with Gasteiger partial charge in [-0.05, 0) is 24.1 Å². The molecule has 0 aromatic carbocycles. The van der Waals surface area contributed by atoms with Gasteiger partial charge in [-0.2, -0.15) is 5.21 Å². The molecule has 54 valence electrons. The van der Waals surface area contributed by atoms with Crippen LogP contribution < -0.4 is 0 Å². The molecule has 0 saturated heterocycles. The lowest BCUT2D eigenvalue weighted by Gasteiger charge is -1.92. The second-order valence-electron chi connectivity index (χ2n) is 1.90. The number of aromatic amines is 1. The van der Waals surface area contributed by atoms with Crippen molar-refractivity contribution in [2.75, 3.05) is 0 Å². The van der Waals surface area contributed by atoms with Crippen molar-refractivity contribution in [3.63, 3.8) is 0 Å². The van der Waals surface area contributed by atoms with Crippen LogP contribution in [0.3, 0.4) is 0 Å². The minimum Gasteiger partial charge on any atom is -0.177 e. The third-order valence-corrected chi connectivity index (χ3v) is 1.36. The standard InChI is InChI=1S/C6H10N4/c1-3-5(4-2)6-7-9-10-8-6/h3H,4H2,1-2H3,(H,7,8,9,10). The number of nitrogens with zero attached hydrogens (tertiary/aromatic N) is 3. The highest BCUT2D eigenvalue weighted by Gasteiger charge is 2.00. The molecule has 1 aromatic heterocycles. The smallest absolute Gasteiger partial charge is 0.177 e. The Morgan fingerprint density at radius 2 is 2.50 bits per heavy atom. The number of hydrogen-bond acceptors (Lipinski definition) is 3. The molecule has 0 aliphatic heterocycles. The topological polar surface area (TPSA) is 54.5 Å². The lowest BCUT2D eigenvalue weighted by molar-refractivity contribution is 0.881. The molecule has 4 heteroatoms. The van der Waals surface area contributed by atoms with Crippen LogP contribution in [0.2, 0.25) is 0 Å². The average Bonchev–Trinajstić information content (AvgIpc) is 2.43. The van der Waals surface area contributed by atoms with Gasteiger partial charge >= 0.3 is 0 Å². The summed E-state index contributed by atoms with van der Waals surface area (Å²) in [6, 6.07) is 0. The molecule has 0 saturated carbocycles. The molecule has 1 heterocycles. The van der Waals surface area contributed by atoms with Crippen LogP contribution in [0.25, 0.3) is 5.57 Å². The summed E-state index contributed by atoms with van der Waals surface area (Å²) < 4.78 is 0. The highest BCUT2D eigenvalue weighted by Crippen LogP contribution is 2.09. The number of aromatic nitrogens is 4. The fourth-order valence-corrected chi connectivity index (χ4v) is 0.789. The molecule has 0 amide bonds. The zero-order valence-corrected chi connectivity index (χ0v) is 6.13. The Kier molecular flexibility index (Phi) is 2.15. The fourth-order valence-electron chi connectivity index (χ4n) is 0.789. The summed E-state index contributed by atoms with van der Waals surface area (Å²) in [6.45, 7) is 4.03. The van der Waals surface area contributed by atoms with Crippen molar-refractivity contribution in [2.24, 2.45) is 0 Å². The van der Waals surface area contributed by atoms with E-state index in [9.17, 15) is 0 Å². The molecular formula is C6H10N4. The van der Waals surface area contributed by atoms with Crippen LogP contribution in [0, 0.1) is 0 Å². The van der Waals surface area contributed by atoms with Gasteiger partial charge in [-0.3, -0.25) is 0 Å². The molecule has 0 radical (unpaired) electrons. The first-order valence-corrected chi connectivity index (χ1v) is 3.27. The van der Waals surface area contributed by atoms with Gasteiger partial charge in [-0.1, -0.05) is 13.0 Å². The number of H-pyrrole nitrogens is 1. The van der Waals surface area contributed by atoms with E-state index in [0.29, 0.717) is 5.82 Å². The zero-order valence-electron chi connectivity index (χ0n) is 6.13. The van der Waals surface area contributed by atoms with Crippen LogP contribution in [0.4, 0.5) is 0 Å². The third kappa shape index (κ3) is 1.21. The van der Waals surface area contributed by atoms with Crippen molar-refractivity contribution < 1.29 is 0 Å². The van der Waals surface area contributed by atoms with E-state index in [0.717, 1.165) is 12.0 Å². The van der Waals surface area contributed by atoms with Gasteiger partial charge in [-0.15, -0.1) is 10.2 Å². The predicted octanol–water partition coefficient (Wildman–Crippen LogP) is 1.01. The molecule has 1 rings (SSSR count). The van der Waals surface area contributed by atoms with Gasteiger partial charge in [0.2, 0.25) is 0 Å². The Bertz CT molecular complexity index is 212. The lowest BCUT2D eigenvalue weighted by Crippen LogP contribution is -1.85. The monoisotopic (exact) mass is 138 g/mol. The van der Waals surface area contributed by atoms with E-state index in [1.165, 1.54) is 0 Å². The Morgan fingerprint density at radius 3 is 2.90 bits per heavy atom. The second-order valence-corrected chi connectivity index (χ2v) is 1.90. The van der Waals surface area contributed by atoms with Crippen molar-refractivity contribution in [3.8, 4) is 0 Å². The van der Waals surface area contributed by atoms with E-state index in [4.69, 9.17) is 0 Å². The summed E-state index contributed by atoms with van der Waals surface area (Å²) in [5.41, 5.74) is 1.12. The maximum atomic E-state index is 3.84. The molecule has 0 unspecified atom stereocenters. The van der Waals surface area contributed by atoms with Crippen LogP contribution in [0.5, 0.6) is 0 Å². The van der Waals surface area contributed by atoms with Gasteiger partial charge in [0, 0.05) is 0 Å². The summed E-state index contributed by atoms with van der Waals surface area (Å²) in [6.07, 6.45) is 2.93. The quantitative estimate of drug-likeness (QED) is 0.663. The van der Waals surface area contributed by atoms with Gasteiger partial charge in [-0.25, -0.2) is 0 Å². The van der Waals surface area contributed by atoms with Crippen LogP contribution in [0.1, 0.15) is 26.1 Å². The Morgan fingerprint density at radius 1 is 1.70 bits per heavy atom. The largest absolute Gasteiger partial charge is 0.200 e. The van der Waals surface area contributed by atoms with Crippen molar-refractivity contribution >= 4 is 5.57 Å². The van der Waals surface area contributed by atoms with E-state index >= 15 is 0 Å². The van der Waals surface area contributed by atoms with Gasteiger partial charge in [0.05, 0.1) is 0 Å². The second kappa shape index (κ2) is 3.10. The molecule has 0 fully saturated rings. The summed E-state index contributed by atoms with van der Waals surface area (Å²) in [5, 5.41) is 13.6. The van der Waals surface area contributed by atoms with Gasteiger partial charge in [0.1, 0.15) is 0 Å². The molecule has 10 heavy (non-hydrogen) atoms.